The number of fused-ring (bicyclic) bond motifs is 2. The van der Waals surface area contributed by atoms with Crippen LogP contribution in [0.3, 0.4) is 0 Å². The third-order valence-electron chi connectivity index (χ3n) is 2.71. The third kappa shape index (κ3) is 1.46. The first kappa shape index (κ1) is 10.7. The molecular weight excluding hydrogens is 210 g/mol. The molecule has 0 amide bonds. The monoisotopic (exact) mass is 223 g/mol. The van der Waals surface area contributed by atoms with Crippen LogP contribution in [-0.2, 0) is 19.6 Å². The fraction of sp³-hybridized carbons (Fsp3) is 0.500. The Balaban J connectivity index is 2.85. The Labute approximate surface area is 91.1 Å². The summed E-state index contributed by atoms with van der Waals surface area (Å²) in [7, 11) is 0. The Morgan fingerprint density at radius 3 is 1.94 bits per heavy atom. The van der Waals surface area contributed by atoms with E-state index in [1.807, 2.05) is 0 Å². The van der Waals surface area contributed by atoms with Crippen molar-refractivity contribution in [2.45, 2.75) is 32.5 Å². The van der Waals surface area contributed by atoms with Gasteiger partial charge in [-0.15, -0.1) is 6.58 Å². The van der Waals surface area contributed by atoms with Gasteiger partial charge in [0.1, 0.15) is 0 Å². The van der Waals surface area contributed by atoms with Gasteiger partial charge in [0.15, 0.2) is 0 Å². The highest BCUT2D eigenvalue weighted by Gasteiger charge is 2.16. The smallest absolute Gasteiger partial charge is 0.247 e. The van der Waals surface area contributed by atoms with E-state index in [0.29, 0.717) is 13.1 Å². The van der Waals surface area contributed by atoms with Crippen molar-refractivity contribution in [1.82, 2.24) is 13.7 Å². The van der Waals surface area contributed by atoms with Gasteiger partial charge in [-0.25, -0.2) is 28.1 Å². The Hall–Kier alpha value is -1.85. The van der Waals surface area contributed by atoms with Gasteiger partial charge in [0.25, 0.3) is 0 Å². The van der Waals surface area contributed by atoms with Crippen LogP contribution in [0.1, 0.15) is 12.8 Å². The average Bonchev–Trinajstić information content (AvgIpc) is 2.42. The van der Waals surface area contributed by atoms with E-state index in [4.69, 9.17) is 0 Å². The van der Waals surface area contributed by atoms with E-state index in [-0.39, 0.29) is 6.54 Å². The Morgan fingerprint density at radius 2 is 1.50 bits per heavy atom. The fourth-order valence-electron chi connectivity index (χ4n) is 1.89. The van der Waals surface area contributed by atoms with E-state index in [1.54, 1.807) is 0 Å². The van der Waals surface area contributed by atoms with Crippen LogP contribution in [0.4, 0.5) is 0 Å². The lowest BCUT2D eigenvalue weighted by Crippen LogP contribution is -2.53. The van der Waals surface area contributed by atoms with Crippen molar-refractivity contribution < 1.29 is 0 Å². The minimum Gasteiger partial charge on any atom is -0.247 e. The van der Waals surface area contributed by atoms with Crippen molar-refractivity contribution in [2.75, 3.05) is 0 Å². The lowest BCUT2D eigenvalue weighted by atomic mass is 10.3. The predicted octanol–water partition coefficient (Wildman–Crippen LogP) is -0.849. The molecule has 0 aliphatic carbocycles. The van der Waals surface area contributed by atoms with Crippen LogP contribution in [0.15, 0.2) is 27.0 Å². The molecule has 0 unspecified atom stereocenters. The van der Waals surface area contributed by atoms with Gasteiger partial charge in [0.2, 0.25) is 0 Å². The average molecular weight is 223 g/mol. The summed E-state index contributed by atoms with van der Waals surface area (Å²) < 4.78 is 3.29. The van der Waals surface area contributed by atoms with Gasteiger partial charge in [-0.3, -0.25) is 0 Å². The highest BCUT2D eigenvalue weighted by molar-refractivity contribution is 4.83. The second kappa shape index (κ2) is 3.96. The molecule has 0 atom stereocenters. The van der Waals surface area contributed by atoms with Crippen LogP contribution >= 0.6 is 0 Å². The molecule has 0 fully saturated rings. The Morgan fingerprint density at radius 1 is 1.00 bits per heavy atom. The topological polar surface area (TPSA) is 66.0 Å². The molecule has 2 rings (SSSR count). The summed E-state index contributed by atoms with van der Waals surface area (Å²) in [5.41, 5.74) is -1.56. The largest absolute Gasteiger partial charge is 0.336 e. The van der Waals surface area contributed by atoms with Crippen molar-refractivity contribution in [3.63, 3.8) is 0 Å². The van der Waals surface area contributed by atoms with E-state index in [0.717, 1.165) is 26.5 Å². The van der Waals surface area contributed by atoms with Crippen LogP contribution in [-0.4, -0.2) is 13.7 Å². The summed E-state index contributed by atoms with van der Waals surface area (Å²) in [6.45, 7) is 4.40. The van der Waals surface area contributed by atoms with Gasteiger partial charge in [-0.1, -0.05) is 6.08 Å². The zero-order valence-corrected chi connectivity index (χ0v) is 8.89. The molecular formula is C10H13N3O3. The molecule has 1 aliphatic rings. The molecule has 2 bridgehead atoms. The molecule has 0 saturated heterocycles. The summed E-state index contributed by atoms with van der Waals surface area (Å²) in [6.07, 6.45) is 2.95. The zero-order chi connectivity index (χ0) is 11.7. The first-order valence-corrected chi connectivity index (χ1v) is 5.22. The van der Waals surface area contributed by atoms with Crippen molar-refractivity contribution >= 4 is 0 Å². The number of nitrogens with zero attached hydrogens (tertiary/aromatic N) is 3. The van der Waals surface area contributed by atoms with Crippen LogP contribution in [0.25, 0.3) is 0 Å². The number of rotatable bonds is 2. The maximum absolute atomic E-state index is 11.8. The Bertz CT molecular complexity index is 547. The molecule has 0 saturated carbocycles. The SMILES string of the molecule is C=CCn1c(=O)n2c(=O)n(c1=O)CCCC2. The van der Waals surface area contributed by atoms with E-state index in [9.17, 15) is 14.4 Å². The molecule has 0 radical (unpaired) electrons. The van der Waals surface area contributed by atoms with Gasteiger partial charge in [0.05, 0.1) is 6.54 Å². The first-order chi connectivity index (χ1) is 7.66. The van der Waals surface area contributed by atoms with Gasteiger partial charge >= 0.3 is 17.1 Å². The van der Waals surface area contributed by atoms with Crippen molar-refractivity contribution in [3.8, 4) is 0 Å². The van der Waals surface area contributed by atoms with Crippen molar-refractivity contribution in [3.05, 3.63) is 44.1 Å². The number of allylic oxidation sites excluding steroid dienone is 1. The van der Waals surface area contributed by atoms with Crippen LogP contribution < -0.4 is 17.1 Å². The summed E-state index contributed by atoms with van der Waals surface area (Å²) in [5.74, 6) is 0. The minimum absolute atomic E-state index is 0.137. The molecule has 86 valence electrons. The molecule has 0 N–H and O–H groups in total. The second-order valence-corrected chi connectivity index (χ2v) is 3.76. The number of aromatic nitrogens is 3. The lowest BCUT2D eigenvalue weighted by molar-refractivity contribution is 0.504. The summed E-state index contributed by atoms with van der Waals surface area (Å²) in [6, 6.07) is 0. The Kier molecular flexibility index (Phi) is 2.64. The highest BCUT2D eigenvalue weighted by atomic mass is 16.2. The molecule has 0 spiro atoms. The fourth-order valence-corrected chi connectivity index (χ4v) is 1.89. The number of hydrogen-bond donors (Lipinski definition) is 0. The maximum atomic E-state index is 11.8. The highest BCUT2D eigenvalue weighted by Crippen LogP contribution is 1.96. The van der Waals surface area contributed by atoms with Crippen LogP contribution in [0.5, 0.6) is 0 Å². The lowest BCUT2D eigenvalue weighted by Gasteiger charge is -2.08. The van der Waals surface area contributed by atoms with Crippen molar-refractivity contribution in [1.29, 1.82) is 0 Å². The van der Waals surface area contributed by atoms with Gasteiger partial charge < -0.3 is 0 Å². The predicted molar refractivity (Wildman–Crippen MR) is 58.7 cm³/mol. The first-order valence-electron chi connectivity index (χ1n) is 5.22. The van der Waals surface area contributed by atoms with Crippen LogP contribution in [0, 0.1) is 0 Å². The van der Waals surface area contributed by atoms with Gasteiger partial charge in [0, 0.05) is 13.1 Å². The normalized spacial score (nSPS) is 14.5. The molecule has 0 aromatic carbocycles. The van der Waals surface area contributed by atoms with E-state index in [1.165, 1.54) is 6.08 Å². The van der Waals surface area contributed by atoms with E-state index < -0.39 is 17.1 Å². The van der Waals surface area contributed by atoms with Crippen LogP contribution in [0.2, 0.25) is 0 Å². The van der Waals surface area contributed by atoms with Gasteiger partial charge in [-0.05, 0) is 12.8 Å². The standard InChI is InChI=1S/C10H13N3O3/c1-2-5-11-8(14)12-6-3-4-7-13(9(11)15)10(12)16/h2H,1,3-7H2. The molecule has 1 aliphatic heterocycles. The minimum atomic E-state index is -0.534. The van der Waals surface area contributed by atoms with E-state index >= 15 is 0 Å². The summed E-state index contributed by atoms with van der Waals surface area (Å²) in [5, 5.41) is 0. The van der Waals surface area contributed by atoms with Crippen molar-refractivity contribution in [2.24, 2.45) is 0 Å². The second-order valence-electron chi connectivity index (χ2n) is 3.76. The maximum Gasteiger partial charge on any atom is 0.336 e. The van der Waals surface area contributed by atoms with E-state index in [2.05, 4.69) is 6.58 Å². The number of hydrogen-bond acceptors (Lipinski definition) is 3. The molecule has 1 aromatic heterocycles. The molecule has 6 heteroatoms. The summed E-state index contributed by atoms with van der Waals surface area (Å²) >= 11 is 0. The quantitative estimate of drug-likeness (QED) is 0.613. The molecule has 6 nitrogen and oxygen atoms in total. The van der Waals surface area contributed by atoms with Gasteiger partial charge in [-0.2, -0.15) is 0 Å². The molecule has 1 aromatic rings. The zero-order valence-electron chi connectivity index (χ0n) is 8.89. The molecule has 2 heterocycles. The molecule has 16 heavy (non-hydrogen) atoms. The third-order valence-corrected chi connectivity index (χ3v) is 2.71. The summed E-state index contributed by atoms with van der Waals surface area (Å²) in [4.78, 5) is 35.4.